The van der Waals surface area contributed by atoms with Gasteiger partial charge in [-0.1, -0.05) is 30.3 Å². The molecule has 0 radical (unpaired) electrons. The minimum Gasteiger partial charge on any atom is -0.367 e. The van der Waals surface area contributed by atoms with Crippen LogP contribution in [0.4, 0.5) is 0 Å². The molecular formula is C19H25N3O. The van der Waals surface area contributed by atoms with Crippen LogP contribution < -0.4 is 0 Å². The van der Waals surface area contributed by atoms with Gasteiger partial charge in [0.1, 0.15) is 0 Å². The second-order valence-electron chi connectivity index (χ2n) is 7.02. The maximum Gasteiger partial charge on any atom is 0.0956 e. The molecule has 2 heterocycles. The zero-order valence-corrected chi connectivity index (χ0v) is 14.0. The van der Waals surface area contributed by atoms with Crippen molar-refractivity contribution < 1.29 is 4.74 Å². The number of hydrogen-bond acceptors (Lipinski definition) is 3. The highest BCUT2D eigenvalue weighted by atomic mass is 16.5. The third-order valence-corrected chi connectivity index (χ3v) is 5.03. The third kappa shape index (κ3) is 3.33. The Kier molecular flexibility index (Phi) is 3.95. The molecule has 0 spiro atoms. The summed E-state index contributed by atoms with van der Waals surface area (Å²) in [5, 5.41) is 4.48. The number of ether oxygens (including phenoxy) is 1. The lowest BCUT2D eigenvalue weighted by molar-refractivity contribution is -0.0986. The molecule has 1 saturated carbocycles. The molecule has 4 rings (SSSR count). The molecule has 0 N–H and O–H groups in total. The van der Waals surface area contributed by atoms with Crippen LogP contribution in [0.25, 0.3) is 0 Å². The molecule has 0 amide bonds. The Bertz CT molecular complexity index is 663. The molecule has 2 atom stereocenters. The fraction of sp³-hybridized carbons (Fsp3) is 0.526. The van der Waals surface area contributed by atoms with Gasteiger partial charge in [0.2, 0.25) is 0 Å². The molecule has 1 aliphatic heterocycles. The van der Waals surface area contributed by atoms with Crippen LogP contribution in [0.2, 0.25) is 0 Å². The molecule has 2 aliphatic rings. The van der Waals surface area contributed by atoms with Gasteiger partial charge in [0.05, 0.1) is 17.9 Å². The Morgan fingerprint density at radius 3 is 2.61 bits per heavy atom. The molecule has 4 nitrogen and oxygen atoms in total. The molecule has 1 aromatic carbocycles. The first-order chi connectivity index (χ1) is 11.2. The predicted octanol–water partition coefficient (Wildman–Crippen LogP) is 3.08. The van der Waals surface area contributed by atoms with Gasteiger partial charge in [0.25, 0.3) is 0 Å². The first kappa shape index (κ1) is 14.9. The first-order valence-corrected chi connectivity index (χ1v) is 8.61. The van der Waals surface area contributed by atoms with Crippen molar-refractivity contribution in [2.75, 3.05) is 13.1 Å². The molecule has 0 bridgehead atoms. The number of morpholine rings is 1. The summed E-state index contributed by atoms with van der Waals surface area (Å²) >= 11 is 0. The van der Waals surface area contributed by atoms with Gasteiger partial charge in [-0.05, 0) is 31.2 Å². The van der Waals surface area contributed by atoms with Crippen LogP contribution in [0.1, 0.15) is 35.8 Å². The monoisotopic (exact) mass is 311 g/mol. The quantitative estimate of drug-likeness (QED) is 0.869. The lowest BCUT2D eigenvalue weighted by Gasteiger charge is -2.38. The summed E-state index contributed by atoms with van der Waals surface area (Å²) in [6, 6.07) is 10.7. The minimum atomic E-state index is 0.188. The Morgan fingerprint density at radius 1 is 1.17 bits per heavy atom. The van der Waals surface area contributed by atoms with Crippen molar-refractivity contribution in [3.05, 3.63) is 53.3 Å². The van der Waals surface area contributed by atoms with Crippen LogP contribution in [-0.4, -0.2) is 33.9 Å². The number of benzene rings is 1. The molecule has 2 fully saturated rings. The van der Waals surface area contributed by atoms with Gasteiger partial charge in [0.15, 0.2) is 0 Å². The van der Waals surface area contributed by atoms with E-state index in [0.29, 0.717) is 6.10 Å². The fourth-order valence-electron chi connectivity index (χ4n) is 3.61. The average molecular weight is 311 g/mol. The number of hydrogen-bond donors (Lipinski definition) is 0. The summed E-state index contributed by atoms with van der Waals surface area (Å²) in [4.78, 5) is 2.55. The van der Waals surface area contributed by atoms with Gasteiger partial charge in [-0.15, -0.1) is 0 Å². The van der Waals surface area contributed by atoms with Crippen LogP contribution in [0, 0.1) is 12.8 Å². The molecule has 23 heavy (non-hydrogen) atoms. The smallest absolute Gasteiger partial charge is 0.0956 e. The molecule has 0 unspecified atom stereocenters. The van der Waals surface area contributed by atoms with Crippen molar-refractivity contribution in [1.82, 2.24) is 14.7 Å². The molecule has 4 heteroatoms. The van der Waals surface area contributed by atoms with E-state index in [1.165, 1.54) is 24.0 Å². The maximum absolute atomic E-state index is 6.44. The minimum absolute atomic E-state index is 0.188. The zero-order valence-electron chi connectivity index (χ0n) is 14.0. The van der Waals surface area contributed by atoms with Crippen molar-refractivity contribution in [2.24, 2.45) is 13.0 Å². The standard InChI is InChI=1S/C19H25N3O/c1-14-17(10-21(2)20-14)11-22-12-18(15-6-4-3-5-7-15)23-19(13-22)16-8-9-16/h3-7,10,16,18-19H,8-9,11-13H2,1-2H3/t18-,19+/m0/s1. The predicted molar refractivity (Wildman–Crippen MR) is 90.0 cm³/mol. The SMILES string of the molecule is Cc1nn(C)cc1CN1C[C@@H](c2ccccc2)O[C@@H](C2CC2)C1. The summed E-state index contributed by atoms with van der Waals surface area (Å²) in [6.07, 6.45) is 5.37. The van der Waals surface area contributed by atoms with Crippen molar-refractivity contribution >= 4 is 0 Å². The second-order valence-corrected chi connectivity index (χ2v) is 7.02. The van der Waals surface area contributed by atoms with Crippen molar-refractivity contribution in [3.63, 3.8) is 0 Å². The highest BCUT2D eigenvalue weighted by Crippen LogP contribution is 2.39. The highest BCUT2D eigenvalue weighted by molar-refractivity contribution is 5.20. The van der Waals surface area contributed by atoms with Crippen LogP contribution in [0.15, 0.2) is 36.5 Å². The normalized spacial score (nSPS) is 25.7. The molecule has 2 aromatic rings. The number of rotatable bonds is 4. The lowest BCUT2D eigenvalue weighted by atomic mass is 10.0. The summed E-state index contributed by atoms with van der Waals surface area (Å²) in [6.45, 7) is 5.07. The molecule has 1 aliphatic carbocycles. The van der Waals surface area contributed by atoms with Gasteiger partial charge in [0, 0.05) is 38.4 Å². The van der Waals surface area contributed by atoms with Gasteiger partial charge in [-0.25, -0.2) is 0 Å². The van der Waals surface area contributed by atoms with Crippen LogP contribution in [-0.2, 0) is 18.3 Å². The zero-order chi connectivity index (χ0) is 15.8. The van der Waals surface area contributed by atoms with E-state index in [4.69, 9.17) is 4.74 Å². The Labute approximate surface area is 138 Å². The van der Waals surface area contributed by atoms with Crippen molar-refractivity contribution in [3.8, 4) is 0 Å². The lowest BCUT2D eigenvalue weighted by Crippen LogP contribution is -2.44. The van der Waals surface area contributed by atoms with Gasteiger partial charge >= 0.3 is 0 Å². The summed E-state index contributed by atoms with van der Waals surface area (Å²) < 4.78 is 8.35. The van der Waals surface area contributed by atoms with Crippen LogP contribution >= 0.6 is 0 Å². The van der Waals surface area contributed by atoms with Gasteiger partial charge in [-0.2, -0.15) is 5.10 Å². The fourth-order valence-corrected chi connectivity index (χ4v) is 3.61. The summed E-state index contributed by atoms with van der Waals surface area (Å²) in [7, 11) is 2.00. The van der Waals surface area contributed by atoms with Gasteiger partial charge in [-0.3, -0.25) is 9.58 Å². The Hall–Kier alpha value is -1.65. The van der Waals surface area contributed by atoms with Crippen molar-refractivity contribution in [2.45, 2.75) is 38.5 Å². The average Bonchev–Trinajstić information content (AvgIpc) is 3.35. The number of aryl methyl sites for hydroxylation is 2. The second kappa shape index (κ2) is 6.10. The molecule has 1 saturated heterocycles. The van der Waals surface area contributed by atoms with E-state index in [-0.39, 0.29) is 6.10 Å². The van der Waals surface area contributed by atoms with E-state index >= 15 is 0 Å². The van der Waals surface area contributed by atoms with E-state index < -0.39 is 0 Å². The van der Waals surface area contributed by atoms with E-state index in [1.54, 1.807) is 0 Å². The highest BCUT2D eigenvalue weighted by Gasteiger charge is 2.38. The van der Waals surface area contributed by atoms with Gasteiger partial charge < -0.3 is 4.74 Å². The molecule has 122 valence electrons. The van der Waals surface area contributed by atoms with Crippen molar-refractivity contribution in [1.29, 1.82) is 0 Å². The van der Waals surface area contributed by atoms with Crippen LogP contribution in [0.5, 0.6) is 0 Å². The van der Waals surface area contributed by atoms with E-state index in [9.17, 15) is 0 Å². The van der Waals surface area contributed by atoms with E-state index in [1.807, 2.05) is 11.7 Å². The van der Waals surface area contributed by atoms with E-state index in [2.05, 4.69) is 53.5 Å². The van der Waals surface area contributed by atoms with Crippen LogP contribution in [0.3, 0.4) is 0 Å². The Balaban J connectivity index is 1.52. The first-order valence-electron chi connectivity index (χ1n) is 8.61. The summed E-state index contributed by atoms with van der Waals surface area (Å²) in [5.74, 6) is 0.763. The third-order valence-electron chi connectivity index (χ3n) is 5.03. The maximum atomic E-state index is 6.44. The largest absolute Gasteiger partial charge is 0.367 e. The number of aromatic nitrogens is 2. The molecule has 1 aromatic heterocycles. The van der Waals surface area contributed by atoms with E-state index in [0.717, 1.165) is 31.2 Å². The molecular weight excluding hydrogens is 286 g/mol. The topological polar surface area (TPSA) is 30.3 Å². The number of nitrogens with zero attached hydrogens (tertiary/aromatic N) is 3. The Morgan fingerprint density at radius 2 is 1.96 bits per heavy atom. The summed E-state index contributed by atoms with van der Waals surface area (Å²) in [5.41, 5.74) is 3.76.